The van der Waals surface area contributed by atoms with Crippen molar-refractivity contribution in [1.29, 1.82) is 0 Å². The molecular formula is C33H32N4O. The SMILES string of the molecule is CCc1nn(C2CCCCO2)c(-c2cccc(-c3cccc(-c4cccc(-c5ccccn5)c4)c3)n2)c1C. The molecule has 0 bridgehead atoms. The molecule has 5 aromatic rings. The summed E-state index contributed by atoms with van der Waals surface area (Å²) in [5, 5.41) is 4.96. The van der Waals surface area contributed by atoms with E-state index in [9.17, 15) is 0 Å². The Morgan fingerprint density at radius 1 is 0.789 bits per heavy atom. The molecule has 2 aromatic carbocycles. The maximum absolute atomic E-state index is 6.13. The number of aryl methyl sites for hydroxylation is 1. The zero-order valence-electron chi connectivity index (χ0n) is 22.0. The summed E-state index contributed by atoms with van der Waals surface area (Å²) in [6, 6.07) is 29.4. The second-order valence-corrected chi connectivity index (χ2v) is 9.82. The fourth-order valence-corrected chi connectivity index (χ4v) is 5.31. The van der Waals surface area contributed by atoms with Gasteiger partial charge in [-0.05, 0) is 85.7 Å². The molecule has 5 heteroatoms. The largest absolute Gasteiger partial charge is 0.356 e. The molecule has 1 fully saturated rings. The molecule has 1 aliphatic rings. The summed E-state index contributed by atoms with van der Waals surface area (Å²) in [4.78, 5) is 9.67. The molecule has 190 valence electrons. The van der Waals surface area contributed by atoms with E-state index in [1.807, 2.05) is 24.4 Å². The van der Waals surface area contributed by atoms with Crippen LogP contribution in [-0.2, 0) is 11.2 Å². The molecule has 0 radical (unpaired) electrons. The van der Waals surface area contributed by atoms with Crippen LogP contribution in [0.25, 0.3) is 45.0 Å². The summed E-state index contributed by atoms with van der Waals surface area (Å²) in [6.45, 7) is 5.10. The van der Waals surface area contributed by atoms with Gasteiger partial charge in [0.15, 0.2) is 6.23 Å². The number of benzene rings is 2. The first-order valence-electron chi connectivity index (χ1n) is 13.5. The third-order valence-electron chi connectivity index (χ3n) is 7.32. The first-order valence-corrected chi connectivity index (χ1v) is 13.5. The third-order valence-corrected chi connectivity index (χ3v) is 7.32. The van der Waals surface area contributed by atoms with Crippen molar-refractivity contribution < 1.29 is 4.74 Å². The second kappa shape index (κ2) is 10.7. The van der Waals surface area contributed by atoms with Gasteiger partial charge in [0, 0.05) is 23.9 Å². The molecule has 3 aromatic heterocycles. The van der Waals surface area contributed by atoms with Crippen molar-refractivity contribution in [3.05, 3.63) is 102 Å². The average Bonchev–Trinajstić information content (AvgIpc) is 3.34. The van der Waals surface area contributed by atoms with Crippen molar-refractivity contribution in [3.63, 3.8) is 0 Å². The summed E-state index contributed by atoms with van der Waals surface area (Å²) < 4.78 is 8.21. The van der Waals surface area contributed by atoms with Gasteiger partial charge in [-0.2, -0.15) is 5.10 Å². The minimum absolute atomic E-state index is 0.0297. The van der Waals surface area contributed by atoms with Gasteiger partial charge in [-0.3, -0.25) is 4.98 Å². The van der Waals surface area contributed by atoms with Gasteiger partial charge in [-0.25, -0.2) is 9.67 Å². The Balaban J connectivity index is 1.37. The fraction of sp³-hybridized carbons (Fsp3) is 0.242. The normalized spacial score (nSPS) is 15.5. The van der Waals surface area contributed by atoms with Crippen molar-refractivity contribution >= 4 is 0 Å². The molecule has 1 aliphatic heterocycles. The summed E-state index contributed by atoms with van der Waals surface area (Å²) in [5.41, 5.74) is 10.7. The van der Waals surface area contributed by atoms with Crippen molar-refractivity contribution in [2.75, 3.05) is 6.61 Å². The van der Waals surface area contributed by atoms with Crippen LogP contribution in [0.5, 0.6) is 0 Å². The average molecular weight is 501 g/mol. The Hall–Kier alpha value is -4.09. The van der Waals surface area contributed by atoms with Gasteiger partial charge in [-0.15, -0.1) is 0 Å². The Bertz CT molecular complexity index is 1550. The van der Waals surface area contributed by atoms with E-state index in [-0.39, 0.29) is 6.23 Å². The highest BCUT2D eigenvalue weighted by molar-refractivity contribution is 5.76. The van der Waals surface area contributed by atoms with E-state index >= 15 is 0 Å². The number of hydrogen-bond acceptors (Lipinski definition) is 4. The molecular weight excluding hydrogens is 468 g/mol. The van der Waals surface area contributed by atoms with E-state index in [1.54, 1.807) is 0 Å². The van der Waals surface area contributed by atoms with Gasteiger partial charge in [0.05, 0.1) is 28.5 Å². The van der Waals surface area contributed by atoms with Gasteiger partial charge < -0.3 is 4.74 Å². The lowest BCUT2D eigenvalue weighted by Crippen LogP contribution is -2.20. The lowest BCUT2D eigenvalue weighted by Gasteiger charge is -2.24. The molecule has 0 N–H and O–H groups in total. The van der Waals surface area contributed by atoms with Crippen LogP contribution in [0, 0.1) is 6.92 Å². The van der Waals surface area contributed by atoms with E-state index in [2.05, 4.69) is 90.2 Å². The molecule has 0 amide bonds. The molecule has 0 saturated carbocycles. The van der Waals surface area contributed by atoms with Gasteiger partial charge in [-0.1, -0.05) is 55.5 Å². The molecule has 4 heterocycles. The highest BCUT2D eigenvalue weighted by Crippen LogP contribution is 2.34. The quantitative estimate of drug-likeness (QED) is 0.238. The summed E-state index contributed by atoms with van der Waals surface area (Å²) in [6.07, 6.45) is 5.94. The van der Waals surface area contributed by atoms with Gasteiger partial charge >= 0.3 is 0 Å². The molecule has 1 unspecified atom stereocenters. The first kappa shape index (κ1) is 24.3. The van der Waals surface area contributed by atoms with Crippen LogP contribution in [0.1, 0.15) is 43.7 Å². The highest BCUT2D eigenvalue weighted by atomic mass is 16.5. The van der Waals surface area contributed by atoms with Crippen LogP contribution in [0.15, 0.2) is 91.1 Å². The van der Waals surface area contributed by atoms with Crippen LogP contribution < -0.4 is 0 Å². The Labute approximate surface area is 224 Å². The number of pyridine rings is 2. The number of rotatable bonds is 6. The second-order valence-electron chi connectivity index (χ2n) is 9.82. The lowest BCUT2D eigenvalue weighted by atomic mass is 9.98. The van der Waals surface area contributed by atoms with Crippen molar-refractivity contribution in [2.24, 2.45) is 0 Å². The molecule has 0 spiro atoms. The molecule has 5 nitrogen and oxygen atoms in total. The molecule has 1 saturated heterocycles. The summed E-state index contributed by atoms with van der Waals surface area (Å²) in [5.74, 6) is 0. The maximum Gasteiger partial charge on any atom is 0.150 e. The first-order chi connectivity index (χ1) is 18.7. The van der Waals surface area contributed by atoms with Crippen LogP contribution in [0.2, 0.25) is 0 Å². The van der Waals surface area contributed by atoms with Crippen molar-refractivity contribution in [2.45, 2.75) is 45.8 Å². The zero-order chi connectivity index (χ0) is 25.9. The van der Waals surface area contributed by atoms with Crippen LogP contribution in [0.4, 0.5) is 0 Å². The van der Waals surface area contributed by atoms with Gasteiger partial charge in [0.2, 0.25) is 0 Å². The Morgan fingerprint density at radius 2 is 1.47 bits per heavy atom. The van der Waals surface area contributed by atoms with Gasteiger partial charge in [0.25, 0.3) is 0 Å². The van der Waals surface area contributed by atoms with Crippen LogP contribution in [-0.4, -0.2) is 26.4 Å². The van der Waals surface area contributed by atoms with E-state index in [0.29, 0.717) is 0 Å². The van der Waals surface area contributed by atoms with Crippen LogP contribution in [0.3, 0.4) is 0 Å². The Kier molecular flexibility index (Phi) is 6.84. The van der Waals surface area contributed by atoms with E-state index in [0.717, 1.165) is 83.0 Å². The molecule has 6 rings (SSSR count). The molecule has 0 aliphatic carbocycles. The monoisotopic (exact) mass is 500 g/mol. The number of ether oxygens (including phenoxy) is 1. The number of nitrogens with zero attached hydrogens (tertiary/aromatic N) is 4. The predicted octanol–water partition coefficient (Wildman–Crippen LogP) is 7.91. The fourth-order valence-electron chi connectivity index (χ4n) is 5.31. The Morgan fingerprint density at radius 3 is 2.16 bits per heavy atom. The number of hydrogen-bond donors (Lipinski definition) is 0. The zero-order valence-corrected chi connectivity index (χ0v) is 22.0. The number of aromatic nitrogens is 4. The highest BCUT2D eigenvalue weighted by Gasteiger charge is 2.24. The van der Waals surface area contributed by atoms with Crippen molar-refractivity contribution in [3.8, 4) is 45.0 Å². The summed E-state index contributed by atoms with van der Waals surface area (Å²) in [7, 11) is 0. The lowest BCUT2D eigenvalue weighted by molar-refractivity contribution is -0.0386. The maximum atomic E-state index is 6.13. The summed E-state index contributed by atoms with van der Waals surface area (Å²) >= 11 is 0. The minimum Gasteiger partial charge on any atom is -0.356 e. The van der Waals surface area contributed by atoms with Crippen LogP contribution >= 0.6 is 0 Å². The predicted molar refractivity (Wildman–Crippen MR) is 153 cm³/mol. The smallest absolute Gasteiger partial charge is 0.150 e. The third kappa shape index (κ3) is 4.77. The topological polar surface area (TPSA) is 52.8 Å². The van der Waals surface area contributed by atoms with E-state index < -0.39 is 0 Å². The van der Waals surface area contributed by atoms with E-state index in [1.165, 1.54) is 5.56 Å². The van der Waals surface area contributed by atoms with Gasteiger partial charge in [0.1, 0.15) is 0 Å². The van der Waals surface area contributed by atoms with E-state index in [4.69, 9.17) is 14.8 Å². The standard InChI is InChI=1S/C33H32N4O/c1-3-28-23(2)33(37(36-28)32-18-5-7-20-38-32)31-17-10-16-30(35-31)27-14-9-12-25(22-27)24-11-8-13-26(21-24)29-15-4-6-19-34-29/h4,6,8-17,19,21-22,32H,3,5,7,18,20H2,1-2H3. The molecule has 38 heavy (non-hydrogen) atoms. The van der Waals surface area contributed by atoms with Crippen molar-refractivity contribution in [1.82, 2.24) is 19.7 Å². The molecule has 1 atom stereocenters. The minimum atomic E-state index is -0.0297.